The molecule has 1 aliphatic rings. The van der Waals surface area contributed by atoms with Crippen LogP contribution in [0.5, 0.6) is 5.75 Å². The average molecular weight is 547 g/mol. The van der Waals surface area contributed by atoms with Crippen molar-refractivity contribution in [1.82, 2.24) is 9.88 Å². The van der Waals surface area contributed by atoms with E-state index in [0.717, 1.165) is 43.1 Å². The Morgan fingerprint density at radius 1 is 1.18 bits per heavy atom. The number of rotatable bonds is 12. The summed E-state index contributed by atoms with van der Waals surface area (Å²) in [5.74, 6) is -0.257. The number of carbonyl (C=O) groups is 1. The first kappa shape index (κ1) is 29.3. The number of nitrogens with two attached hydrogens (primary N) is 1. The molecule has 5 N–H and O–H groups in total. The topological polar surface area (TPSA) is 133 Å². The van der Waals surface area contributed by atoms with E-state index in [4.69, 9.17) is 21.0 Å². The monoisotopic (exact) mass is 546 g/mol. The highest BCUT2D eigenvalue weighted by molar-refractivity contribution is 5.96. The zero-order chi connectivity index (χ0) is 28.8. The molecule has 3 atom stereocenters. The van der Waals surface area contributed by atoms with E-state index in [1.54, 1.807) is 12.1 Å². The van der Waals surface area contributed by atoms with E-state index in [2.05, 4.69) is 36.7 Å². The first-order chi connectivity index (χ1) is 19.2. The number of likely N-dealkylation sites (tertiary alicyclic amines) is 1. The second-order valence-electron chi connectivity index (χ2n) is 11.1. The van der Waals surface area contributed by atoms with Crippen LogP contribution in [0.3, 0.4) is 0 Å². The Hall–Kier alpha value is -3.65. The molecule has 1 fully saturated rings. The second kappa shape index (κ2) is 13.1. The van der Waals surface area contributed by atoms with Gasteiger partial charge in [-0.3, -0.25) is 19.9 Å². The zero-order valence-corrected chi connectivity index (χ0v) is 23.8. The lowest BCUT2D eigenvalue weighted by atomic mass is 9.88. The van der Waals surface area contributed by atoms with E-state index in [1.807, 2.05) is 24.3 Å². The van der Waals surface area contributed by atoms with Crippen molar-refractivity contribution in [2.75, 3.05) is 6.61 Å². The van der Waals surface area contributed by atoms with Gasteiger partial charge in [-0.05, 0) is 68.9 Å². The number of nitrogens with zero attached hydrogens (tertiary/aromatic N) is 1. The number of aromatic nitrogens is 1. The molecule has 0 bridgehead atoms. The van der Waals surface area contributed by atoms with Crippen LogP contribution in [0.1, 0.15) is 89.3 Å². The maximum absolute atomic E-state index is 13.4. The molecule has 0 aliphatic carbocycles. The van der Waals surface area contributed by atoms with Crippen LogP contribution in [0.25, 0.3) is 22.0 Å². The molecule has 0 radical (unpaired) electrons. The predicted molar refractivity (Wildman–Crippen MR) is 160 cm³/mol. The van der Waals surface area contributed by atoms with Crippen LogP contribution < -0.4 is 16.0 Å². The standard InChI is InChI=1S/C32H42N4O4/c1-4-5-13-29(36-20(2)9-6-10-21(36)3)27-17-24(40-15-8-14-30(37)38)18-28-26(27)19-25(32(39)35-28)22-11-7-12-23(16-22)31(33)34/h7,11-12,16-21,29H,4-6,8-10,13-15H2,1-3H3,(H3,33,34)(H,35,39)(H,37,38). The molecule has 1 saturated heterocycles. The van der Waals surface area contributed by atoms with Crippen molar-refractivity contribution in [2.45, 2.75) is 90.3 Å². The molecule has 3 unspecified atom stereocenters. The number of hydrogen-bond donors (Lipinski definition) is 4. The van der Waals surface area contributed by atoms with Gasteiger partial charge in [0.15, 0.2) is 0 Å². The fraction of sp³-hybridized carbons (Fsp3) is 0.469. The minimum Gasteiger partial charge on any atom is -0.493 e. The summed E-state index contributed by atoms with van der Waals surface area (Å²) in [7, 11) is 0. The number of fused-ring (bicyclic) bond motifs is 1. The molecule has 1 aromatic heterocycles. The minimum atomic E-state index is -0.846. The zero-order valence-electron chi connectivity index (χ0n) is 23.8. The molecule has 4 rings (SSSR count). The lowest BCUT2D eigenvalue weighted by molar-refractivity contribution is -0.137. The van der Waals surface area contributed by atoms with Crippen LogP contribution in [0.4, 0.5) is 0 Å². The second-order valence-corrected chi connectivity index (χ2v) is 11.1. The Kier molecular flexibility index (Phi) is 9.63. The van der Waals surface area contributed by atoms with E-state index >= 15 is 0 Å². The van der Waals surface area contributed by atoms with Gasteiger partial charge in [-0.1, -0.05) is 44.4 Å². The first-order valence-corrected chi connectivity index (χ1v) is 14.5. The van der Waals surface area contributed by atoms with Crippen LogP contribution in [-0.4, -0.2) is 45.5 Å². The maximum Gasteiger partial charge on any atom is 0.303 e. The number of piperidine rings is 1. The predicted octanol–water partition coefficient (Wildman–Crippen LogP) is 6.22. The molecule has 2 heterocycles. The highest BCUT2D eigenvalue weighted by atomic mass is 16.5. The van der Waals surface area contributed by atoms with E-state index in [9.17, 15) is 9.59 Å². The van der Waals surface area contributed by atoms with Gasteiger partial charge in [-0.15, -0.1) is 0 Å². The largest absolute Gasteiger partial charge is 0.493 e. The normalized spacial score (nSPS) is 18.5. The van der Waals surface area contributed by atoms with Gasteiger partial charge < -0.3 is 20.6 Å². The van der Waals surface area contributed by atoms with Gasteiger partial charge >= 0.3 is 5.97 Å². The summed E-state index contributed by atoms with van der Waals surface area (Å²) in [4.78, 5) is 30.1. The van der Waals surface area contributed by atoms with Crippen molar-refractivity contribution in [3.05, 3.63) is 63.9 Å². The highest BCUT2D eigenvalue weighted by Gasteiger charge is 2.33. The van der Waals surface area contributed by atoms with Gasteiger partial charge in [0, 0.05) is 47.1 Å². The van der Waals surface area contributed by atoms with Gasteiger partial charge in [0.25, 0.3) is 5.56 Å². The van der Waals surface area contributed by atoms with E-state index in [0.29, 0.717) is 46.5 Å². The van der Waals surface area contributed by atoms with Crippen molar-refractivity contribution >= 4 is 22.7 Å². The summed E-state index contributed by atoms with van der Waals surface area (Å²) in [5.41, 5.74) is 9.12. The number of aromatic amines is 1. The van der Waals surface area contributed by atoms with E-state index in [-0.39, 0.29) is 30.5 Å². The molecule has 40 heavy (non-hydrogen) atoms. The smallest absolute Gasteiger partial charge is 0.303 e. The van der Waals surface area contributed by atoms with E-state index in [1.165, 1.54) is 6.42 Å². The average Bonchev–Trinajstić information content (AvgIpc) is 2.92. The van der Waals surface area contributed by atoms with Crippen LogP contribution in [0, 0.1) is 5.41 Å². The SMILES string of the molecule is CCCCC(c1cc(OCCCC(=O)O)cc2[nH]c(=O)c(-c3cccc(C(=N)N)c3)cc12)N1C(C)CCCC1C. The maximum atomic E-state index is 13.4. The molecule has 8 nitrogen and oxygen atoms in total. The van der Waals surface area contributed by atoms with Crippen molar-refractivity contribution in [2.24, 2.45) is 5.73 Å². The van der Waals surface area contributed by atoms with Crippen molar-refractivity contribution in [3.8, 4) is 16.9 Å². The summed E-state index contributed by atoms with van der Waals surface area (Å²) in [6, 6.07) is 14.1. The third-order valence-corrected chi connectivity index (χ3v) is 8.07. The molecule has 0 saturated carbocycles. The lowest BCUT2D eigenvalue weighted by Gasteiger charge is -2.45. The van der Waals surface area contributed by atoms with Gasteiger partial charge in [0.05, 0.1) is 12.1 Å². The summed E-state index contributed by atoms with van der Waals surface area (Å²) in [5, 5.41) is 17.8. The molecule has 8 heteroatoms. The summed E-state index contributed by atoms with van der Waals surface area (Å²) < 4.78 is 6.06. The van der Waals surface area contributed by atoms with Gasteiger partial charge in [-0.25, -0.2) is 0 Å². The number of unbranched alkanes of at least 4 members (excludes halogenated alkanes) is 1. The Morgan fingerprint density at radius 3 is 2.60 bits per heavy atom. The number of H-pyrrole nitrogens is 1. The number of pyridine rings is 1. The fourth-order valence-corrected chi connectivity index (χ4v) is 6.07. The fourth-order valence-electron chi connectivity index (χ4n) is 6.07. The van der Waals surface area contributed by atoms with Gasteiger partial charge in [-0.2, -0.15) is 0 Å². The summed E-state index contributed by atoms with van der Waals surface area (Å²) in [6.07, 6.45) is 7.10. The Morgan fingerprint density at radius 2 is 1.93 bits per heavy atom. The molecular weight excluding hydrogens is 504 g/mol. The number of nitrogens with one attached hydrogen (secondary N) is 2. The summed E-state index contributed by atoms with van der Waals surface area (Å²) >= 11 is 0. The van der Waals surface area contributed by atoms with Crippen molar-refractivity contribution in [3.63, 3.8) is 0 Å². The lowest BCUT2D eigenvalue weighted by Crippen LogP contribution is -2.46. The quantitative estimate of drug-likeness (QED) is 0.121. The van der Waals surface area contributed by atoms with Crippen molar-refractivity contribution in [1.29, 1.82) is 5.41 Å². The van der Waals surface area contributed by atoms with Crippen molar-refractivity contribution < 1.29 is 14.6 Å². The molecule has 0 amide bonds. The Balaban J connectivity index is 1.88. The number of ether oxygens (including phenoxy) is 1. The van der Waals surface area contributed by atoms with Crippen LogP contribution >= 0.6 is 0 Å². The Labute approximate surface area is 236 Å². The Bertz CT molecular complexity index is 1410. The number of carboxylic acid groups (broad SMARTS) is 1. The first-order valence-electron chi connectivity index (χ1n) is 14.5. The molecule has 214 valence electrons. The number of carboxylic acids is 1. The number of amidine groups is 1. The molecule has 3 aromatic rings. The van der Waals surface area contributed by atoms with Crippen LogP contribution in [0.15, 0.2) is 47.3 Å². The number of hydrogen-bond acceptors (Lipinski definition) is 5. The molecule has 2 aromatic carbocycles. The molecule has 0 spiro atoms. The highest BCUT2D eigenvalue weighted by Crippen LogP contribution is 2.40. The molecule has 1 aliphatic heterocycles. The minimum absolute atomic E-state index is 0.0435. The van der Waals surface area contributed by atoms with Gasteiger partial charge in [0.2, 0.25) is 0 Å². The number of benzene rings is 2. The molecular formula is C32H42N4O4. The number of nitrogen functional groups attached to an aromatic ring is 1. The number of aliphatic carboxylic acids is 1. The summed E-state index contributed by atoms with van der Waals surface area (Å²) in [6.45, 7) is 7.11. The third kappa shape index (κ3) is 6.73. The van der Waals surface area contributed by atoms with Gasteiger partial charge in [0.1, 0.15) is 11.6 Å². The third-order valence-electron chi connectivity index (χ3n) is 8.07. The van der Waals surface area contributed by atoms with Crippen LogP contribution in [-0.2, 0) is 4.79 Å². The van der Waals surface area contributed by atoms with E-state index < -0.39 is 5.97 Å². The van der Waals surface area contributed by atoms with Crippen LogP contribution in [0.2, 0.25) is 0 Å².